The minimum absolute atomic E-state index is 0.00968. The number of benzene rings is 2. The van der Waals surface area contributed by atoms with Crippen LogP contribution in [-0.2, 0) is 16.0 Å². The van der Waals surface area contributed by atoms with E-state index in [0.717, 1.165) is 22.5 Å². The molecule has 0 radical (unpaired) electrons. The molecule has 0 spiro atoms. The molecule has 0 atom stereocenters. The average Bonchev–Trinajstić information content (AvgIpc) is 3.11. The Bertz CT molecular complexity index is 1030. The van der Waals surface area contributed by atoms with Crippen LogP contribution in [-0.4, -0.2) is 33.3 Å². The van der Waals surface area contributed by atoms with Crippen LogP contribution >= 0.6 is 0 Å². The lowest BCUT2D eigenvalue weighted by molar-refractivity contribution is -0.136. The number of rotatable bonds is 7. The molecule has 0 saturated carbocycles. The molecule has 1 heterocycles. The largest absolute Gasteiger partial charge is 0.507 e. The zero-order valence-corrected chi connectivity index (χ0v) is 16.4. The molecule has 2 N–H and O–H groups in total. The van der Waals surface area contributed by atoms with Crippen LogP contribution in [0.1, 0.15) is 35.0 Å². The number of phenols is 1. The summed E-state index contributed by atoms with van der Waals surface area (Å²) in [6.07, 6.45) is 0.325. The number of aromatic nitrogens is 1. The van der Waals surface area contributed by atoms with Crippen molar-refractivity contribution in [3.05, 3.63) is 71.4 Å². The Balaban J connectivity index is 2.09. The second-order valence-electron chi connectivity index (χ2n) is 6.73. The number of nitrogens with zero attached hydrogens (tertiary/aromatic N) is 1. The first-order valence-electron chi connectivity index (χ1n) is 9.40. The van der Waals surface area contributed by atoms with Crippen LogP contribution < -0.4 is 0 Å². The number of esters is 1. The fourth-order valence-corrected chi connectivity index (χ4v) is 3.20. The number of aryl methyl sites for hydroxylation is 2. The Morgan fingerprint density at radius 3 is 2.38 bits per heavy atom. The molecule has 0 saturated heterocycles. The SMILES string of the molecule is CCOC(=O)c1ccc(-n2c(CCC(=O)O)ccc2-c2ccc(C)cc2)cc1O. The van der Waals surface area contributed by atoms with Gasteiger partial charge in [-0.15, -0.1) is 0 Å². The molecule has 3 aromatic rings. The maximum absolute atomic E-state index is 12.0. The summed E-state index contributed by atoms with van der Waals surface area (Å²) >= 11 is 0. The van der Waals surface area contributed by atoms with E-state index in [0.29, 0.717) is 12.1 Å². The third kappa shape index (κ3) is 4.48. The predicted molar refractivity (Wildman–Crippen MR) is 110 cm³/mol. The summed E-state index contributed by atoms with van der Waals surface area (Å²) in [5, 5.41) is 19.5. The summed E-state index contributed by atoms with van der Waals surface area (Å²) in [7, 11) is 0. The van der Waals surface area contributed by atoms with Crippen LogP contribution in [0.5, 0.6) is 5.75 Å². The zero-order chi connectivity index (χ0) is 21.0. The number of carbonyl (C=O) groups is 2. The summed E-state index contributed by atoms with van der Waals surface area (Å²) < 4.78 is 6.87. The molecular formula is C23H23NO5. The second kappa shape index (κ2) is 8.65. The minimum atomic E-state index is -0.879. The molecule has 6 nitrogen and oxygen atoms in total. The molecule has 0 aliphatic heterocycles. The molecule has 1 aromatic heterocycles. The van der Waals surface area contributed by atoms with Gasteiger partial charge in [-0.2, -0.15) is 0 Å². The fourth-order valence-electron chi connectivity index (χ4n) is 3.20. The number of carbonyl (C=O) groups excluding carboxylic acids is 1. The lowest BCUT2D eigenvalue weighted by atomic mass is 10.1. The van der Waals surface area contributed by atoms with E-state index in [1.54, 1.807) is 13.0 Å². The van der Waals surface area contributed by atoms with Crippen molar-refractivity contribution in [3.8, 4) is 22.7 Å². The van der Waals surface area contributed by atoms with Gasteiger partial charge < -0.3 is 19.5 Å². The molecule has 150 valence electrons. The average molecular weight is 393 g/mol. The Kier molecular flexibility index (Phi) is 6.02. The normalized spacial score (nSPS) is 10.7. The van der Waals surface area contributed by atoms with Gasteiger partial charge in [0.1, 0.15) is 11.3 Å². The van der Waals surface area contributed by atoms with Gasteiger partial charge in [-0.1, -0.05) is 29.8 Å². The van der Waals surface area contributed by atoms with Crippen LogP contribution in [0.15, 0.2) is 54.6 Å². The van der Waals surface area contributed by atoms with E-state index in [-0.39, 0.29) is 24.3 Å². The fraction of sp³-hybridized carbons (Fsp3) is 0.217. The van der Waals surface area contributed by atoms with E-state index in [4.69, 9.17) is 9.84 Å². The van der Waals surface area contributed by atoms with Crippen LogP contribution in [0.2, 0.25) is 0 Å². The predicted octanol–water partition coefficient (Wildman–Crippen LogP) is 4.35. The van der Waals surface area contributed by atoms with Gasteiger partial charge in [0.25, 0.3) is 0 Å². The maximum Gasteiger partial charge on any atom is 0.341 e. The third-order valence-corrected chi connectivity index (χ3v) is 4.64. The molecule has 6 heteroatoms. The third-order valence-electron chi connectivity index (χ3n) is 4.64. The first-order valence-corrected chi connectivity index (χ1v) is 9.40. The highest BCUT2D eigenvalue weighted by Gasteiger charge is 2.17. The highest BCUT2D eigenvalue weighted by molar-refractivity contribution is 5.92. The van der Waals surface area contributed by atoms with Gasteiger partial charge >= 0.3 is 11.9 Å². The quantitative estimate of drug-likeness (QED) is 0.583. The molecule has 0 aliphatic rings. The molecule has 0 fully saturated rings. The lowest BCUT2D eigenvalue weighted by Crippen LogP contribution is -2.08. The maximum atomic E-state index is 12.0. The van der Waals surface area contributed by atoms with Crippen molar-refractivity contribution >= 4 is 11.9 Å². The van der Waals surface area contributed by atoms with Gasteiger partial charge in [0.2, 0.25) is 0 Å². The number of aliphatic carboxylic acids is 1. The van der Waals surface area contributed by atoms with Crippen LogP contribution in [0.4, 0.5) is 0 Å². The summed E-state index contributed by atoms with van der Waals surface area (Å²) in [5.74, 6) is -1.65. The smallest absolute Gasteiger partial charge is 0.341 e. The molecular weight excluding hydrogens is 370 g/mol. The Labute approximate surface area is 169 Å². The number of phenolic OH excluding ortho intramolecular Hbond substituents is 1. The topological polar surface area (TPSA) is 88.8 Å². The number of hydrogen-bond donors (Lipinski definition) is 2. The van der Waals surface area contributed by atoms with Crippen molar-refractivity contribution in [1.29, 1.82) is 0 Å². The van der Waals surface area contributed by atoms with Gasteiger partial charge in [0.05, 0.1) is 18.7 Å². The first kappa shape index (κ1) is 20.2. The number of hydrogen-bond acceptors (Lipinski definition) is 4. The summed E-state index contributed by atoms with van der Waals surface area (Å²) in [6.45, 7) is 3.92. The van der Waals surface area contributed by atoms with Crippen LogP contribution in [0.25, 0.3) is 16.9 Å². The number of carboxylic acid groups (broad SMARTS) is 1. The van der Waals surface area contributed by atoms with E-state index >= 15 is 0 Å². The van der Waals surface area contributed by atoms with Crippen LogP contribution in [0, 0.1) is 6.92 Å². The number of carboxylic acids is 1. The van der Waals surface area contributed by atoms with E-state index in [9.17, 15) is 14.7 Å². The van der Waals surface area contributed by atoms with Crippen molar-refractivity contribution in [2.24, 2.45) is 0 Å². The van der Waals surface area contributed by atoms with E-state index in [2.05, 4.69) is 0 Å². The molecule has 0 amide bonds. The molecule has 0 unspecified atom stereocenters. The summed E-state index contributed by atoms with van der Waals surface area (Å²) in [4.78, 5) is 23.0. The van der Waals surface area contributed by atoms with Crippen molar-refractivity contribution in [2.45, 2.75) is 26.7 Å². The highest BCUT2D eigenvalue weighted by atomic mass is 16.5. The Morgan fingerprint density at radius 2 is 1.76 bits per heavy atom. The van der Waals surface area contributed by atoms with Crippen molar-refractivity contribution in [3.63, 3.8) is 0 Å². The van der Waals surface area contributed by atoms with E-state index < -0.39 is 11.9 Å². The van der Waals surface area contributed by atoms with Gasteiger partial charge in [0.15, 0.2) is 0 Å². The molecule has 2 aromatic carbocycles. The number of aromatic hydroxyl groups is 1. The second-order valence-corrected chi connectivity index (χ2v) is 6.73. The van der Waals surface area contributed by atoms with Gasteiger partial charge in [-0.3, -0.25) is 4.79 Å². The van der Waals surface area contributed by atoms with Crippen LogP contribution in [0.3, 0.4) is 0 Å². The summed E-state index contributed by atoms with van der Waals surface area (Å²) in [5.41, 5.74) is 4.49. The van der Waals surface area contributed by atoms with Crippen molar-refractivity contribution in [1.82, 2.24) is 4.57 Å². The molecule has 0 bridgehead atoms. The minimum Gasteiger partial charge on any atom is -0.507 e. The Morgan fingerprint density at radius 1 is 1.03 bits per heavy atom. The standard InChI is InChI=1S/C23H23NO5/c1-3-29-23(28)19-11-8-18(14-21(19)25)24-17(10-13-22(26)27)9-12-20(24)16-6-4-15(2)5-7-16/h4-9,11-12,14,25H,3,10,13H2,1-2H3,(H,26,27). The van der Waals surface area contributed by atoms with E-state index in [1.807, 2.05) is 47.9 Å². The van der Waals surface area contributed by atoms with Crippen molar-refractivity contribution in [2.75, 3.05) is 6.61 Å². The van der Waals surface area contributed by atoms with Crippen molar-refractivity contribution < 1.29 is 24.5 Å². The first-order chi connectivity index (χ1) is 13.9. The zero-order valence-electron chi connectivity index (χ0n) is 16.4. The number of ether oxygens (including phenoxy) is 1. The highest BCUT2D eigenvalue weighted by Crippen LogP contribution is 2.30. The Hall–Kier alpha value is -3.54. The van der Waals surface area contributed by atoms with Gasteiger partial charge in [-0.25, -0.2) is 4.79 Å². The monoisotopic (exact) mass is 393 g/mol. The van der Waals surface area contributed by atoms with Gasteiger partial charge in [-0.05, 0) is 50.1 Å². The molecule has 3 rings (SSSR count). The summed E-state index contributed by atoms with van der Waals surface area (Å²) in [6, 6.07) is 16.5. The molecule has 0 aliphatic carbocycles. The van der Waals surface area contributed by atoms with Gasteiger partial charge in [0, 0.05) is 17.4 Å². The lowest BCUT2D eigenvalue weighted by Gasteiger charge is -2.15. The molecule has 29 heavy (non-hydrogen) atoms. The van der Waals surface area contributed by atoms with E-state index in [1.165, 1.54) is 12.1 Å².